The Bertz CT molecular complexity index is 1090. The first-order valence-corrected chi connectivity index (χ1v) is 10.1. The van der Waals surface area contributed by atoms with E-state index in [0.717, 1.165) is 44.7 Å². The fourth-order valence-corrected chi connectivity index (χ4v) is 3.87. The SMILES string of the molecule is COc1ccc(/C(=C\c2nn3c(CC(C)C)nnc3s2)c2ccccc2)cc1. The molecule has 28 heavy (non-hydrogen) atoms. The van der Waals surface area contributed by atoms with Crippen LogP contribution in [-0.4, -0.2) is 26.9 Å². The lowest BCUT2D eigenvalue weighted by atomic mass is 9.97. The Balaban J connectivity index is 1.78. The lowest BCUT2D eigenvalue weighted by molar-refractivity contribution is 0.415. The van der Waals surface area contributed by atoms with Crippen LogP contribution in [0.15, 0.2) is 54.6 Å². The number of hydrogen-bond donors (Lipinski definition) is 0. The Morgan fingerprint density at radius 2 is 1.75 bits per heavy atom. The molecule has 0 spiro atoms. The maximum Gasteiger partial charge on any atom is 0.234 e. The van der Waals surface area contributed by atoms with Gasteiger partial charge < -0.3 is 4.74 Å². The van der Waals surface area contributed by atoms with Crippen LogP contribution in [0.2, 0.25) is 0 Å². The molecule has 0 bridgehead atoms. The first-order valence-electron chi connectivity index (χ1n) is 9.26. The molecule has 0 amide bonds. The minimum atomic E-state index is 0.507. The zero-order chi connectivity index (χ0) is 19.5. The van der Waals surface area contributed by atoms with Gasteiger partial charge in [0.05, 0.1) is 7.11 Å². The molecule has 0 radical (unpaired) electrons. The van der Waals surface area contributed by atoms with E-state index in [1.165, 1.54) is 0 Å². The first kappa shape index (κ1) is 18.4. The van der Waals surface area contributed by atoms with Gasteiger partial charge in [-0.05, 0) is 40.8 Å². The van der Waals surface area contributed by atoms with Gasteiger partial charge in [-0.1, -0.05) is 67.6 Å². The first-order chi connectivity index (χ1) is 13.6. The number of hydrogen-bond acceptors (Lipinski definition) is 5. The van der Waals surface area contributed by atoms with Gasteiger partial charge in [0.1, 0.15) is 10.8 Å². The maximum atomic E-state index is 5.30. The standard InChI is InChI=1S/C22H22N4OS/c1-15(2)13-20-23-24-22-26(20)25-21(28-22)14-19(16-7-5-4-6-8-16)17-9-11-18(27-3)12-10-17/h4-12,14-15H,13H2,1-3H3/b19-14-. The molecule has 0 N–H and O–H groups in total. The van der Waals surface area contributed by atoms with Gasteiger partial charge in [0.25, 0.3) is 0 Å². The fourth-order valence-electron chi connectivity index (χ4n) is 3.07. The third-order valence-corrected chi connectivity index (χ3v) is 5.26. The smallest absolute Gasteiger partial charge is 0.234 e. The number of methoxy groups -OCH3 is 1. The largest absolute Gasteiger partial charge is 0.497 e. The van der Waals surface area contributed by atoms with E-state index in [2.05, 4.69) is 54.4 Å². The van der Waals surface area contributed by atoms with Crippen LogP contribution in [0.3, 0.4) is 0 Å². The zero-order valence-electron chi connectivity index (χ0n) is 16.2. The second-order valence-corrected chi connectivity index (χ2v) is 7.99. The van der Waals surface area contributed by atoms with Crippen LogP contribution < -0.4 is 4.74 Å². The van der Waals surface area contributed by atoms with Crippen LogP contribution in [0, 0.1) is 5.92 Å². The molecule has 0 unspecified atom stereocenters. The average molecular weight is 391 g/mol. The van der Waals surface area contributed by atoms with Crippen LogP contribution in [0.25, 0.3) is 16.6 Å². The minimum Gasteiger partial charge on any atom is -0.497 e. The van der Waals surface area contributed by atoms with E-state index < -0.39 is 0 Å². The normalized spacial score (nSPS) is 12.1. The third kappa shape index (κ3) is 3.82. The number of nitrogens with zero attached hydrogens (tertiary/aromatic N) is 4. The van der Waals surface area contributed by atoms with E-state index in [1.807, 2.05) is 34.8 Å². The van der Waals surface area contributed by atoms with Gasteiger partial charge in [-0.3, -0.25) is 0 Å². The Kier molecular flexibility index (Phi) is 5.21. The summed E-state index contributed by atoms with van der Waals surface area (Å²) in [5.74, 6) is 2.26. The molecule has 0 aliphatic heterocycles. The van der Waals surface area contributed by atoms with Crippen molar-refractivity contribution in [2.45, 2.75) is 20.3 Å². The number of rotatable bonds is 6. The minimum absolute atomic E-state index is 0.507. The van der Waals surface area contributed by atoms with Crippen LogP contribution in [-0.2, 0) is 6.42 Å². The van der Waals surface area contributed by atoms with Crippen LogP contribution >= 0.6 is 11.3 Å². The number of fused-ring (bicyclic) bond motifs is 1. The van der Waals surface area contributed by atoms with Crippen LogP contribution in [0.1, 0.15) is 35.8 Å². The van der Waals surface area contributed by atoms with Gasteiger partial charge in [-0.2, -0.15) is 9.61 Å². The van der Waals surface area contributed by atoms with Crippen molar-refractivity contribution in [3.63, 3.8) is 0 Å². The number of benzene rings is 2. The Labute approximate surface area is 168 Å². The van der Waals surface area contributed by atoms with Gasteiger partial charge in [0.15, 0.2) is 5.82 Å². The van der Waals surface area contributed by atoms with E-state index in [1.54, 1.807) is 18.4 Å². The van der Waals surface area contributed by atoms with Gasteiger partial charge in [-0.25, -0.2) is 0 Å². The topological polar surface area (TPSA) is 52.3 Å². The summed E-state index contributed by atoms with van der Waals surface area (Å²) >= 11 is 1.55. The summed E-state index contributed by atoms with van der Waals surface area (Å²) in [4.78, 5) is 0.823. The number of aromatic nitrogens is 4. The molecule has 2 aromatic carbocycles. The molecule has 0 fully saturated rings. The maximum absolute atomic E-state index is 5.30. The summed E-state index contributed by atoms with van der Waals surface area (Å²) in [6.45, 7) is 4.34. The Hall–Kier alpha value is -2.99. The fraction of sp³-hybridized carbons (Fsp3) is 0.227. The molecule has 142 valence electrons. The summed E-state index contributed by atoms with van der Waals surface area (Å²) in [5.41, 5.74) is 3.36. The van der Waals surface area contributed by atoms with Crippen molar-refractivity contribution in [2.24, 2.45) is 5.92 Å². The van der Waals surface area contributed by atoms with E-state index in [9.17, 15) is 0 Å². The molecule has 0 atom stereocenters. The predicted molar refractivity (Wildman–Crippen MR) is 114 cm³/mol. The molecule has 0 saturated carbocycles. The molecule has 4 rings (SSSR count). The van der Waals surface area contributed by atoms with E-state index in [0.29, 0.717) is 5.92 Å². The molecule has 0 aliphatic rings. The molecule has 6 heteroatoms. The van der Waals surface area contributed by atoms with Crippen molar-refractivity contribution in [3.05, 3.63) is 76.6 Å². The predicted octanol–water partition coefficient (Wildman–Crippen LogP) is 4.98. The quantitative estimate of drug-likeness (QED) is 0.466. The molecule has 2 heterocycles. The second kappa shape index (κ2) is 7.94. The zero-order valence-corrected chi connectivity index (χ0v) is 17.0. The lowest BCUT2D eigenvalue weighted by Crippen LogP contribution is -2.01. The summed E-state index contributed by atoms with van der Waals surface area (Å²) in [5, 5.41) is 14.2. The Morgan fingerprint density at radius 1 is 1.04 bits per heavy atom. The molecule has 2 aromatic heterocycles. The molecule has 4 aromatic rings. The second-order valence-electron chi connectivity index (χ2n) is 7.00. The lowest BCUT2D eigenvalue weighted by Gasteiger charge is -2.09. The monoisotopic (exact) mass is 390 g/mol. The summed E-state index contributed by atoms with van der Waals surface area (Å²) in [6, 6.07) is 18.4. The molecule has 0 saturated heterocycles. The van der Waals surface area contributed by atoms with Crippen LogP contribution in [0.5, 0.6) is 5.75 Å². The molecule has 5 nitrogen and oxygen atoms in total. The average Bonchev–Trinajstić information content (AvgIpc) is 3.28. The Morgan fingerprint density at radius 3 is 2.43 bits per heavy atom. The van der Waals surface area contributed by atoms with Crippen molar-refractivity contribution in [3.8, 4) is 5.75 Å². The van der Waals surface area contributed by atoms with Crippen molar-refractivity contribution >= 4 is 27.9 Å². The van der Waals surface area contributed by atoms with Crippen molar-refractivity contribution in [2.75, 3.05) is 7.11 Å². The molecular weight excluding hydrogens is 368 g/mol. The summed E-state index contributed by atoms with van der Waals surface area (Å²) in [6.07, 6.45) is 2.98. The van der Waals surface area contributed by atoms with Gasteiger partial charge in [-0.15, -0.1) is 10.2 Å². The van der Waals surface area contributed by atoms with Gasteiger partial charge in [0, 0.05) is 6.42 Å². The highest BCUT2D eigenvalue weighted by molar-refractivity contribution is 7.17. The van der Waals surface area contributed by atoms with Gasteiger partial charge >= 0.3 is 0 Å². The van der Waals surface area contributed by atoms with Gasteiger partial charge in [0.2, 0.25) is 4.96 Å². The molecular formula is C22H22N4OS. The molecule has 0 aliphatic carbocycles. The number of ether oxygens (including phenoxy) is 1. The van der Waals surface area contributed by atoms with E-state index in [-0.39, 0.29) is 0 Å². The van der Waals surface area contributed by atoms with Crippen LogP contribution in [0.4, 0.5) is 0 Å². The third-order valence-electron chi connectivity index (χ3n) is 4.42. The van der Waals surface area contributed by atoms with Crippen molar-refractivity contribution in [1.82, 2.24) is 19.8 Å². The highest BCUT2D eigenvalue weighted by atomic mass is 32.1. The summed E-state index contributed by atoms with van der Waals surface area (Å²) < 4.78 is 7.17. The highest BCUT2D eigenvalue weighted by Gasteiger charge is 2.13. The summed E-state index contributed by atoms with van der Waals surface area (Å²) in [7, 11) is 1.68. The van der Waals surface area contributed by atoms with E-state index >= 15 is 0 Å². The highest BCUT2D eigenvalue weighted by Crippen LogP contribution is 2.29. The van der Waals surface area contributed by atoms with E-state index in [4.69, 9.17) is 9.84 Å². The van der Waals surface area contributed by atoms with Crippen molar-refractivity contribution in [1.29, 1.82) is 0 Å². The van der Waals surface area contributed by atoms with Crippen molar-refractivity contribution < 1.29 is 4.74 Å².